The molecule has 2 N–H and O–H groups in total. The number of fused-ring (bicyclic) bond motifs is 1. The van der Waals surface area contributed by atoms with Gasteiger partial charge in [-0.2, -0.15) is 0 Å². The molecule has 8 nitrogen and oxygen atoms in total. The summed E-state index contributed by atoms with van der Waals surface area (Å²) in [5.41, 5.74) is 0.832. The normalized spacial score (nSPS) is 16.0. The summed E-state index contributed by atoms with van der Waals surface area (Å²) in [6, 6.07) is 9.67. The van der Waals surface area contributed by atoms with Crippen LogP contribution in [0, 0.1) is 0 Å². The molecule has 3 rings (SSSR count). The van der Waals surface area contributed by atoms with Gasteiger partial charge in [0, 0.05) is 5.39 Å². The molecule has 0 radical (unpaired) electrons. The van der Waals surface area contributed by atoms with E-state index in [1.165, 1.54) is 0 Å². The molecule has 1 atom stereocenters. The largest absolute Gasteiger partial charge is 0.496 e. The van der Waals surface area contributed by atoms with Gasteiger partial charge in [0.1, 0.15) is 12.4 Å². The van der Waals surface area contributed by atoms with E-state index < -0.39 is 24.0 Å². The number of rotatable bonds is 7. The zero-order valence-corrected chi connectivity index (χ0v) is 17.1. The van der Waals surface area contributed by atoms with Crippen LogP contribution >= 0.6 is 0 Å². The van der Waals surface area contributed by atoms with Crippen LogP contribution in [0.25, 0.3) is 10.8 Å². The maximum atomic E-state index is 12.8. The van der Waals surface area contributed by atoms with Crippen LogP contribution in [0.2, 0.25) is 0 Å². The van der Waals surface area contributed by atoms with Gasteiger partial charge in [-0.1, -0.05) is 31.2 Å². The molecule has 2 amide bonds. The molecule has 2 aromatic rings. The lowest BCUT2D eigenvalue weighted by Gasteiger charge is -2.28. The van der Waals surface area contributed by atoms with E-state index in [1.807, 2.05) is 25.1 Å². The zero-order valence-electron chi connectivity index (χ0n) is 17.1. The molecule has 0 aromatic heterocycles. The van der Waals surface area contributed by atoms with Gasteiger partial charge in [-0.3, -0.25) is 0 Å². The van der Waals surface area contributed by atoms with Crippen molar-refractivity contribution in [1.29, 1.82) is 0 Å². The Kier molecular flexibility index (Phi) is 6.56. The Bertz CT molecular complexity index is 1010. The number of hydrogen-bond acceptors (Lipinski definition) is 6. The maximum Gasteiger partial charge on any atom is 0.339 e. The highest BCUT2D eigenvalue weighted by molar-refractivity contribution is 6.06. The number of ether oxygens (including phenoxy) is 3. The van der Waals surface area contributed by atoms with Crippen molar-refractivity contribution in [2.45, 2.75) is 26.3 Å². The van der Waals surface area contributed by atoms with Crippen LogP contribution in [0.4, 0.5) is 4.79 Å². The third kappa shape index (κ3) is 4.22. The molecule has 1 aliphatic heterocycles. The van der Waals surface area contributed by atoms with Crippen molar-refractivity contribution in [3.05, 3.63) is 53.2 Å². The van der Waals surface area contributed by atoms with E-state index in [9.17, 15) is 14.4 Å². The second kappa shape index (κ2) is 9.30. The zero-order chi connectivity index (χ0) is 21.7. The van der Waals surface area contributed by atoms with Crippen LogP contribution < -0.4 is 15.4 Å². The van der Waals surface area contributed by atoms with Crippen molar-refractivity contribution in [3.8, 4) is 5.75 Å². The summed E-state index contributed by atoms with van der Waals surface area (Å²) in [6.45, 7) is 3.46. The van der Waals surface area contributed by atoms with Crippen molar-refractivity contribution in [2.24, 2.45) is 0 Å². The summed E-state index contributed by atoms with van der Waals surface area (Å²) in [4.78, 5) is 37.2. The fraction of sp³-hybridized carbons (Fsp3) is 0.318. The summed E-state index contributed by atoms with van der Waals surface area (Å²) in [5, 5.41) is 6.70. The van der Waals surface area contributed by atoms with Gasteiger partial charge in [0.2, 0.25) is 0 Å². The summed E-state index contributed by atoms with van der Waals surface area (Å²) in [7, 11) is 1.56. The predicted octanol–water partition coefficient (Wildman–Crippen LogP) is 2.91. The molecule has 0 saturated heterocycles. The van der Waals surface area contributed by atoms with Gasteiger partial charge in [-0.25, -0.2) is 14.4 Å². The lowest BCUT2D eigenvalue weighted by Crippen LogP contribution is -2.51. The van der Waals surface area contributed by atoms with Gasteiger partial charge in [0.15, 0.2) is 0 Å². The van der Waals surface area contributed by atoms with Crippen LogP contribution in [0.15, 0.2) is 47.7 Å². The average molecular weight is 412 g/mol. The van der Waals surface area contributed by atoms with E-state index in [0.29, 0.717) is 23.1 Å². The Hall–Kier alpha value is -3.55. The molecule has 0 spiro atoms. The number of carbonyl (C=O) groups is 3. The third-order valence-electron chi connectivity index (χ3n) is 4.82. The van der Waals surface area contributed by atoms with Crippen LogP contribution in [0.3, 0.4) is 0 Å². The van der Waals surface area contributed by atoms with E-state index in [1.54, 1.807) is 32.2 Å². The molecule has 158 valence electrons. The van der Waals surface area contributed by atoms with E-state index >= 15 is 0 Å². The van der Waals surface area contributed by atoms with E-state index in [2.05, 4.69) is 10.6 Å². The van der Waals surface area contributed by atoms with Gasteiger partial charge in [-0.15, -0.1) is 0 Å². The first kappa shape index (κ1) is 21.2. The molecule has 1 heterocycles. The second-order valence-electron chi connectivity index (χ2n) is 6.61. The fourth-order valence-corrected chi connectivity index (χ4v) is 3.42. The minimum Gasteiger partial charge on any atom is -0.496 e. The fourth-order valence-electron chi connectivity index (χ4n) is 3.42. The minimum absolute atomic E-state index is 0.192. The van der Waals surface area contributed by atoms with Gasteiger partial charge < -0.3 is 24.8 Å². The molecule has 0 unspecified atom stereocenters. The molecule has 0 bridgehead atoms. The first-order chi connectivity index (χ1) is 14.5. The highest BCUT2D eigenvalue weighted by Gasteiger charge is 2.32. The summed E-state index contributed by atoms with van der Waals surface area (Å²) < 4.78 is 15.9. The Balaban J connectivity index is 1.89. The van der Waals surface area contributed by atoms with Crippen LogP contribution in [0.1, 0.15) is 30.6 Å². The standard InChI is InChI=1S/C22H24N2O6/c1-4-16-19(21(26)29-5-2)17(24-22(27)23-16)12-30-20(25)15-10-11-18(28-3)14-9-7-6-8-13(14)15/h6-11,16H,4-5,12H2,1-3H3,(H2,23,24,27)/t16-/m1/s1. The summed E-state index contributed by atoms with van der Waals surface area (Å²) >= 11 is 0. The molecule has 30 heavy (non-hydrogen) atoms. The topological polar surface area (TPSA) is 103 Å². The highest BCUT2D eigenvalue weighted by Crippen LogP contribution is 2.29. The van der Waals surface area contributed by atoms with Crippen molar-refractivity contribution in [1.82, 2.24) is 10.6 Å². The Morgan fingerprint density at radius 1 is 1.00 bits per heavy atom. The predicted molar refractivity (Wildman–Crippen MR) is 110 cm³/mol. The number of benzene rings is 2. The van der Waals surface area contributed by atoms with E-state index in [-0.39, 0.29) is 24.5 Å². The smallest absolute Gasteiger partial charge is 0.339 e. The van der Waals surface area contributed by atoms with Gasteiger partial charge in [0.05, 0.1) is 36.6 Å². The SMILES string of the molecule is CCOC(=O)C1=C(COC(=O)c2ccc(OC)c3ccccc23)NC(=O)N[C@@H]1CC. The maximum absolute atomic E-state index is 12.8. The van der Waals surface area contributed by atoms with Crippen LogP contribution in [-0.4, -0.2) is 44.3 Å². The van der Waals surface area contributed by atoms with Crippen molar-refractivity contribution in [3.63, 3.8) is 0 Å². The van der Waals surface area contributed by atoms with Crippen molar-refractivity contribution in [2.75, 3.05) is 20.3 Å². The first-order valence-electron chi connectivity index (χ1n) is 9.70. The number of esters is 2. The van der Waals surface area contributed by atoms with Gasteiger partial charge >= 0.3 is 18.0 Å². The molecular weight excluding hydrogens is 388 g/mol. The molecule has 0 aliphatic carbocycles. The molecule has 2 aromatic carbocycles. The highest BCUT2D eigenvalue weighted by atomic mass is 16.5. The number of amides is 2. The number of methoxy groups -OCH3 is 1. The summed E-state index contributed by atoms with van der Waals surface area (Å²) in [6.07, 6.45) is 0.488. The molecule has 8 heteroatoms. The minimum atomic E-state index is -0.578. The van der Waals surface area contributed by atoms with Crippen molar-refractivity contribution < 1.29 is 28.6 Å². The second-order valence-corrected chi connectivity index (χ2v) is 6.61. The monoisotopic (exact) mass is 412 g/mol. The van der Waals surface area contributed by atoms with Crippen molar-refractivity contribution >= 4 is 28.7 Å². The van der Waals surface area contributed by atoms with Gasteiger partial charge in [-0.05, 0) is 30.9 Å². The first-order valence-corrected chi connectivity index (χ1v) is 9.70. The third-order valence-corrected chi connectivity index (χ3v) is 4.82. The molecule has 1 aliphatic rings. The van der Waals surface area contributed by atoms with E-state index in [4.69, 9.17) is 14.2 Å². The van der Waals surface area contributed by atoms with Crippen LogP contribution in [0.5, 0.6) is 5.75 Å². The van der Waals surface area contributed by atoms with Crippen LogP contribution in [-0.2, 0) is 14.3 Å². The number of hydrogen-bond donors (Lipinski definition) is 2. The average Bonchev–Trinajstić information content (AvgIpc) is 2.76. The molecular formula is C22H24N2O6. The lowest BCUT2D eigenvalue weighted by atomic mass is 10.0. The number of nitrogens with one attached hydrogen (secondary N) is 2. The Morgan fingerprint density at radius 3 is 2.40 bits per heavy atom. The lowest BCUT2D eigenvalue weighted by molar-refractivity contribution is -0.139. The Labute approximate surface area is 174 Å². The van der Waals surface area contributed by atoms with Gasteiger partial charge in [0.25, 0.3) is 0 Å². The molecule has 0 saturated carbocycles. The number of carbonyl (C=O) groups excluding carboxylic acids is 3. The Morgan fingerprint density at radius 2 is 1.73 bits per heavy atom. The number of urea groups is 1. The molecule has 0 fully saturated rings. The summed E-state index contributed by atoms with van der Waals surface area (Å²) in [5.74, 6) is -0.492. The quantitative estimate of drug-likeness (QED) is 0.678. The van der Waals surface area contributed by atoms with E-state index in [0.717, 1.165) is 5.39 Å².